The van der Waals surface area contributed by atoms with Gasteiger partial charge in [0.1, 0.15) is 5.67 Å². The third kappa shape index (κ3) is 1.67. The van der Waals surface area contributed by atoms with Gasteiger partial charge in [0.25, 0.3) is 0 Å². The van der Waals surface area contributed by atoms with Gasteiger partial charge in [0, 0.05) is 0 Å². The van der Waals surface area contributed by atoms with E-state index in [0.29, 0.717) is 5.92 Å². The highest BCUT2D eigenvalue weighted by atomic mass is 19.1. The van der Waals surface area contributed by atoms with E-state index in [9.17, 15) is 4.39 Å². The average Bonchev–Trinajstić information content (AvgIpc) is 2.08. The summed E-state index contributed by atoms with van der Waals surface area (Å²) in [5, 5.41) is 0. The minimum Gasteiger partial charge on any atom is -0.244 e. The van der Waals surface area contributed by atoms with E-state index >= 15 is 0 Å². The minimum absolute atomic E-state index is 0.345. The summed E-state index contributed by atoms with van der Waals surface area (Å²) in [5.74, 6) is 0.345. The van der Waals surface area contributed by atoms with Crippen LogP contribution in [0, 0.1) is 5.92 Å². The van der Waals surface area contributed by atoms with Gasteiger partial charge < -0.3 is 0 Å². The molecule has 0 bridgehead atoms. The summed E-state index contributed by atoms with van der Waals surface area (Å²) in [6, 6.07) is 0. The van der Waals surface area contributed by atoms with Gasteiger partial charge >= 0.3 is 0 Å². The largest absolute Gasteiger partial charge is 0.244 e. The molecule has 0 N–H and O–H groups in total. The van der Waals surface area contributed by atoms with Crippen molar-refractivity contribution in [3.8, 4) is 0 Å². The molecule has 1 saturated carbocycles. The molecule has 0 saturated heterocycles. The van der Waals surface area contributed by atoms with Gasteiger partial charge in [-0.15, -0.1) is 0 Å². The molecule has 1 rings (SSSR count). The van der Waals surface area contributed by atoms with Crippen molar-refractivity contribution in [1.82, 2.24) is 0 Å². The Labute approximate surface area is 56.5 Å². The second-order valence-electron chi connectivity index (χ2n) is 3.55. The van der Waals surface area contributed by atoms with Gasteiger partial charge in [-0.1, -0.05) is 12.8 Å². The maximum atomic E-state index is 13.1. The molecule has 0 aromatic heterocycles. The molecule has 1 aliphatic carbocycles. The number of alkyl halides is 1. The molecule has 0 unspecified atom stereocenters. The normalized spacial score (nSPS) is 23.0. The van der Waals surface area contributed by atoms with Crippen LogP contribution in [0.15, 0.2) is 0 Å². The molecular weight excluding hydrogens is 115 g/mol. The Balaban J connectivity index is 2.42. The predicted octanol–water partition coefficient (Wildman–Crippen LogP) is 2.92. The molecule has 0 amide bonds. The molecule has 0 aromatic carbocycles. The first-order valence-corrected chi connectivity index (χ1v) is 3.79. The Morgan fingerprint density at radius 1 is 1.22 bits per heavy atom. The SMILES string of the molecule is CC(C)(F)C1CCCC1. The lowest BCUT2D eigenvalue weighted by molar-refractivity contribution is 0.128. The van der Waals surface area contributed by atoms with Crippen molar-refractivity contribution in [1.29, 1.82) is 0 Å². The Morgan fingerprint density at radius 3 is 1.89 bits per heavy atom. The van der Waals surface area contributed by atoms with Crippen molar-refractivity contribution in [2.45, 2.75) is 45.2 Å². The molecule has 0 heterocycles. The Bertz CT molecular complexity index is 85.2. The zero-order valence-electron chi connectivity index (χ0n) is 6.28. The second-order valence-corrected chi connectivity index (χ2v) is 3.55. The lowest BCUT2D eigenvalue weighted by Crippen LogP contribution is -2.22. The maximum Gasteiger partial charge on any atom is 0.108 e. The summed E-state index contributed by atoms with van der Waals surface area (Å²) < 4.78 is 13.1. The predicted molar refractivity (Wildman–Crippen MR) is 37.1 cm³/mol. The second kappa shape index (κ2) is 2.28. The van der Waals surface area contributed by atoms with Crippen LogP contribution in [-0.4, -0.2) is 5.67 Å². The highest BCUT2D eigenvalue weighted by molar-refractivity contribution is 4.81. The van der Waals surface area contributed by atoms with E-state index < -0.39 is 5.67 Å². The summed E-state index contributed by atoms with van der Waals surface area (Å²) in [7, 11) is 0. The summed E-state index contributed by atoms with van der Waals surface area (Å²) in [4.78, 5) is 0. The third-order valence-electron chi connectivity index (χ3n) is 2.33. The van der Waals surface area contributed by atoms with Crippen molar-refractivity contribution in [3.05, 3.63) is 0 Å². The molecule has 1 fully saturated rings. The van der Waals surface area contributed by atoms with E-state index in [-0.39, 0.29) is 0 Å². The van der Waals surface area contributed by atoms with Crippen molar-refractivity contribution in [3.63, 3.8) is 0 Å². The van der Waals surface area contributed by atoms with Crippen LogP contribution < -0.4 is 0 Å². The van der Waals surface area contributed by atoms with E-state index in [1.807, 2.05) is 0 Å². The first kappa shape index (κ1) is 7.04. The Hall–Kier alpha value is -0.0700. The van der Waals surface area contributed by atoms with Gasteiger partial charge in [-0.2, -0.15) is 0 Å². The molecule has 0 atom stereocenters. The topological polar surface area (TPSA) is 0 Å². The van der Waals surface area contributed by atoms with Crippen LogP contribution in [0.1, 0.15) is 39.5 Å². The quantitative estimate of drug-likeness (QED) is 0.512. The van der Waals surface area contributed by atoms with Crippen LogP contribution in [0.3, 0.4) is 0 Å². The highest BCUT2D eigenvalue weighted by Gasteiger charge is 2.30. The van der Waals surface area contributed by atoms with Crippen molar-refractivity contribution in [2.75, 3.05) is 0 Å². The van der Waals surface area contributed by atoms with E-state index in [1.54, 1.807) is 13.8 Å². The van der Waals surface area contributed by atoms with Gasteiger partial charge in [0.2, 0.25) is 0 Å². The smallest absolute Gasteiger partial charge is 0.108 e. The van der Waals surface area contributed by atoms with E-state index in [0.717, 1.165) is 12.8 Å². The zero-order chi connectivity index (χ0) is 6.91. The van der Waals surface area contributed by atoms with Crippen LogP contribution in [-0.2, 0) is 0 Å². The van der Waals surface area contributed by atoms with E-state index in [4.69, 9.17) is 0 Å². The molecule has 0 aliphatic heterocycles. The fourth-order valence-electron chi connectivity index (χ4n) is 1.61. The molecule has 1 aliphatic rings. The molecule has 9 heavy (non-hydrogen) atoms. The van der Waals surface area contributed by atoms with Crippen molar-refractivity contribution in [2.24, 2.45) is 5.92 Å². The lowest BCUT2D eigenvalue weighted by atomic mass is 9.92. The fraction of sp³-hybridized carbons (Fsp3) is 1.00. The standard InChI is InChI=1S/C8H15F/c1-8(2,9)7-5-3-4-6-7/h7H,3-6H2,1-2H3. The maximum absolute atomic E-state index is 13.1. The van der Waals surface area contributed by atoms with E-state index in [2.05, 4.69) is 0 Å². The number of hydrogen-bond donors (Lipinski definition) is 0. The zero-order valence-corrected chi connectivity index (χ0v) is 6.28. The highest BCUT2D eigenvalue weighted by Crippen LogP contribution is 2.35. The van der Waals surface area contributed by atoms with Crippen LogP contribution in [0.4, 0.5) is 4.39 Å². The molecule has 0 nitrogen and oxygen atoms in total. The molecule has 1 heteroatoms. The first-order chi connectivity index (χ1) is 4.11. The fourth-order valence-corrected chi connectivity index (χ4v) is 1.61. The third-order valence-corrected chi connectivity index (χ3v) is 2.33. The van der Waals surface area contributed by atoms with Gasteiger partial charge in [-0.3, -0.25) is 0 Å². The average molecular weight is 130 g/mol. The summed E-state index contributed by atoms with van der Waals surface area (Å²) in [5.41, 5.74) is -0.920. The molecule has 0 aromatic rings. The Morgan fingerprint density at radius 2 is 1.67 bits per heavy atom. The van der Waals surface area contributed by atoms with Crippen LogP contribution in [0.25, 0.3) is 0 Å². The summed E-state index contributed by atoms with van der Waals surface area (Å²) in [6.45, 7) is 3.39. The molecule has 0 spiro atoms. The minimum atomic E-state index is -0.920. The van der Waals surface area contributed by atoms with Gasteiger partial charge in [0.15, 0.2) is 0 Å². The van der Waals surface area contributed by atoms with Crippen LogP contribution in [0.2, 0.25) is 0 Å². The monoisotopic (exact) mass is 130 g/mol. The molecular formula is C8H15F. The van der Waals surface area contributed by atoms with Crippen molar-refractivity contribution < 1.29 is 4.39 Å². The Kier molecular flexibility index (Phi) is 1.78. The number of halogens is 1. The first-order valence-electron chi connectivity index (χ1n) is 3.79. The van der Waals surface area contributed by atoms with Gasteiger partial charge in [-0.05, 0) is 32.6 Å². The molecule has 54 valence electrons. The van der Waals surface area contributed by atoms with Gasteiger partial charge in [-0.25, -0.2) is 4.39 Å². The summed E-state index contributed by atoms with van der Waals surface area (Å²) >= 11 is 0. The van der Waals surface area contributed by atoms with Crippen molar-refractivity contribution >= 4 is 0 Å². The lowest BCUT2D eigenvalue weighted by Gasteiger charge is -2.21. The van der Waals surface area contributed by atoms with Crippen LogP contribution in [0.5, 0.6) is 0 Å². The van der Waals surface area contributed by atoms with Gasteiger partial charge in [0.05, 0.1) is 0 Å². The summed E-state index contributed by atoms with van der Waals surface area (Å²) in [6.07, 6.45) is 4.67. The molecule has 0 radical (unpaired) electrons. The number of hydrogen-bond acceptors (Lipinski definition) is 0. The number of rotatable bonds is 1. The van der Waals surface area contributed by atoms with Crippen LogP contribution >= 0.6 is 0 Å². The van der Waals surface area contributed by atoms with E-state index in [1.165, 1.54) is 12.8 Å².